The smallest absolute Gasteiger partial charge is 0.242 e. The molecule has 6 heteroatoms. The van der Waals surface area contributed by atoms with Crippen LogP contribution in [0.15, 0.2) is 54.6 Å². The fraction of sp³-hybridized carbons (Fsp3) is 0.435. The third-order valence-corrected chi connectivity index (χ3v) is 6.79. The molecule has 4 rings (SSSR count). The molecule has 2 fully saturated rings. The van der Waals surface area contributed by atoms with E-state index >= 15 is 0 Å². The summed E-state index contributed by atoms with van der Waals surface area (Å²) in [6.07, 6.45) is 4.00. The van der Waals surface area contributed by atoms with Gasteiger partial charge in [-0.15, -0.1) is 12.4 Å². The molecule has 0 bridgehead atoms. The van der Waals surface area contributed by atoms with Gasteiger partial charge >= 0.3 is 0 Å². The first kappa shape index (κ1) is 21.9. The molecule has 0 radical (unpaired) electrons. The van der Waals surface area contributed by atoms with Crippen LogP contribution < -0.4 is 10.6 Å². The molecule has 2 N–H and O–H groups in total. The molecule has 1 saturated carbocycles. The van der Waals surface area contributed by atoms with Gasteiger partial charge in [0.15, 0.2) is 0 Å². The third-order valence-electron chi connectivity index (χ3n) is 6.56. The molecule has 1 aliphatic heterocycles. The first-order valence-corrected chi connectivity index (χ1v) is 10.5. The molecule has 2 aromatic rings. The summed E-state index contributed by atoms with van der Waals surface area (Å²) < 4.78 is 0. The van der Waals surface area contributed by atoms with E-state index in [1.807, 2.05) is 30.3 Å². The second-order valence-corrected chi connectivity index (χ2v) is 8.51. The van der Waals surface area contributed by atoms with E-state index < -0.39 is 0 Å². The van der Waals surface area contributed by atoms with Crippen molar-refractivity contribution in [3.63, 3.8) is 0 Å². The van der Waals surface area contributed by atoms with Gasteiger partial charge in [0.2, 0.25) is 5.91 Å². The normalized spacial score (nSPS) is 24.9. The molecule has 29 heavy (non-hydrogen) atoms. The lowest BCUT2D eigenvalue weighted by atomic mass is 9.68. The van der Waals surface area contributed by atoms with Gasteiger partial charge in [-0.05, 0) is 55.5 Å². The predicted octanol–water partition coefficient (Wildman–Crippen LogP) is 4.25. The van der Waals surface area contributed by atoms with Crippen LogP contribution in [0.2, 0.25) is 5.02 Å². The van der Waals surface area contributed by atoms with Crippen LogP contribution in [-0.2, 0) is 10.2 Å². The maximum absolute atomic E-state index is 12.9. The van der Waals surface area contributed by atoms with Crippen molar-refractivity contribution < 1.29 is 4.79 Å². The highest BCUT2D eigenvalue weighted by Crippen LogP contribution is 2.41. The van der Waals surface area contributed by atoms with Gasteiger partial charge < -0.3 is 15.5 Å². The Kier molecular flexibility index (Phi) is 7.10. The van der Waals surface area contributed by atoms with E-state index in [0.29, 0.717) is 19.1 Å². The lowest BCUT2D eigenvalue weighted by Gasteiger charge is -2.46. The number of rotatable bonds is 4. The van der Waals surface area contributed by atoms with Crippen molar-refractivity contribution >= 4 is 35.6 Å². The van der Waals surface area contributed by atoms with Gasteiger partial charge in [-0.1, -0.05) is 41.9 Å². The summed E-state index contributed by atoms with van der Waals surface area (Å²) in [5.74, 6) is 0.239. The van der Waals surface area contributed by atoms with Crippen molar-refractivity contribution in [1.82, 2.24) is 4.90 Å². The van der Waals surface area contributed by atoms with Crippen molar-refractivity contribution in [1.29, 1.82) is 0 Å². The second kappa shape index (κ2) is 9.38. The van der Waals surface area contributed by atoms with Crippen LogP contribution in [0.1, 0.15) is 31.2 Å². The molecule has 156 valence electrons. The Hall–Kier alpha value is -1.75. The summed E-state index contributed by atoms with van der Waals surface area (Å²) in [6.45, 7) is 2.78. The highest BCUT2D eigenvalue weighted by Gasteiger charge is 2.39. The molecule has 1 aliphatic carbocycles. The van der Waals surface area contributed by atoms with Crippen LogP contribution in [0.3, 0.4) is 0 Å². The average Bonchev–Trinajstić information content (AvgIpc) is 2.74. The van der Waals surface area contributed by atoms with Crippen molar-refractivity contribution in [3.8, 4) is 0 Å². The van der Waals surface area contributed by atoms with Gasteiger partial charge in [-0.25, -0.2) is 0 Å². The molecule has 0 aromatic heterocycles. The number of halogens is 2. The molecule has 0 atom stereocenters. The van der Waals surface area contributed by atoms with Crippen LogP contribution >= 0.6 is 24.0 Å². The number of para-hydroxylation sites is 1. The molecule has 0 spiro atoms. The summed E-state index contributed by atoms with van der Waals surface area (Å²) in [7, 11) is 0. The topological polar surface area (TPSA) is 49.6 Å². The van der Waals surface area contributed by atoms with E-state index in [0.717, 1.165) is 49.5 Å². The molecule has 1 amide bonds. The number of amides is 1. The SMILES string of the molecule is Cl.NC[C@]1(c2cccc(Cl)c2)CC[C@H](N2CCN(c3ccccc3)CC2=O)CC1. The van der Waals surface area contributed by atoms with Crippen LogP contribution in [0.4, 0.5) is 5.69 Å². The minimum atomic E-state index is -0.0176. The van der Waals surface area contributed by atoms with E-state index in [-0.39, 0.29) is 23.7 Å². The lowest BCUT2D eigenvalue weighted by Crippen LogP contribution is -2.56. The molecular weight excluding hydrogens is 405 g/mol. The quantitative estimate of drug-likeness (QED) is 0.783. The average molecular weight is 434 g/mol. The van der Waals surface area contributed by atoms with Crippen molar-refractivity contribution in [2.24, 2.45) is 5.73 Å². The van der Waals surface area contributed by atoms with Crippen LogP contribution in [0.25, 0.3) is 0 Å². The number of benzene rings is 2. The maximum atomic E-state index is 12.9. The Morgan fingerprint density at radius 2 is 1.76 bits per heavy atom. The number of nitrogens with two attached hydrogens (primary N) is 1. The number of nitrogens with zero attached hydrogens (tertiary/aromatic N) is 2. The van der Waals surface area contributed by atoms with Crippen LogP contribution in [-0.4, -0.2) is 43.0 Å². The minimum Gasteiger partial charge on any atom is -0.360 e. The van der Waals surface area contributed by atoms with Gasteiger partial charge in [0.1, 0.15) is 0 Å². The molecule has 4 nitrogen and oxygen atoms in total. The van der Waals surface area contributed by atoms with Crippen molar-refractivity contribution in [2.45, 2.75) is 37.1 Å². The second-order valence-electron chi connectivity index (χ2n) is 8.07. The first-order chi connectivity index (χ1) is 13.6. The third kappa shape index (κ3) is 4.55. The summed E-state index contributed by atoms with van der Waals surface area (Å²) in [4.78, 5) is 17.2. The number of anilines is 1. The van der Waals surface area contributed by atoms with Crippen molar-refractivity contribution in [2.75, 3.05) is 31.1 Å². The number of piperazine rings is 1. The minimum absolute atomic E-state index is 0. The van der Waals surface area contributed by atoms with E-state index in [1.54, 1.807) is 0 Å². The molecule has 2 aromatic carbocycles. The van der Waals surface area contributed by atoms with E-state index in [4.69, 9.17) is 17.3 Å². The molecule has 1 saturated heterocycles. The lowest BCUT2D eigenvalue weighted by molar-refractivity contribution is -0.134. The van der Waals surface area contributed by atoms with Gasteiger partial charge in [-0.2, -0.15) is 0 Å². The van der Waals surface area contributed by atoms with E-state index in [1.165, 1.54) is 5.56 Å². The number of hydrogen-bond acceptors (Lipinski definition) is 3. The van der Waals surface area contributed by atoms with Gasteiger partial charge in [0.25, 0.3) is 0 Å². The van der Waals surface area contributed by atoms with Crippen LogP contribution in [0.5, 0.6) is 0 Å². The Labute approximate surface area is 184 Å². The van der Waals surface area contributed by atoms with Gasteiger partial charge in [0, 0.05) is 41.8 Å². The Bertz CT molecular complexity index is 822. The number of carbonyl (C=O) groups excluding carboxylic acids is 1. The largest absolute Gasteiger partial charge is 0.360 e. The maximum Gasteiger partial charge on any atom is 0.242 e. The summed E-state index contributed by atoms with van der Waals surface area (Å²) >= 11 is 6.22. The Morgan fingerprint density at radius 1 is 1.03 bits per heavy atom. The number of hydrogen-bond donors (Lipinski definition) is 1. The van der Waals surface area contributed by atoms with Gasteiger partial charge in [0.05, 0.1) is 6.54 Å². The molecule has 1 heterocycles. The highest BCUT2D eigenvalue weighted by molar-refractivity contribution is 6.30. The summed E-state index contributed by atoms with van der Waals surface area (Å²) in [5, 5.41) is 0.764. The molecule has 0 unspecified atom stereocenters. The monoisotopic (exact) mass is 433 g/mol. The zero-order valence-electron chi connectivity index (χ0n) is 16.6. The zero-order chi connectivity index (χ0) is 19.6. The summed E-state index contributed by atoms with van der Waals surface area (Å²) in [6, 6.07) is 18.6. The predicted molar refractivity (Wildman–Crippen MR) is 122 cm³/mol. The summed E-state index contributed by atoms with van der Waals surface area (Å²) in [5.41, 5.74) is 8.57. The fourth-order valence-corrected chi connectivity index (χ4v) is 5.02. The Balaban J connectivity index is 0.00000240. The Morgan fingerprint density at radius 3 is 2.38 bits per heavy atom. The van der Waals surface area contributed by atoms with E-state index in [9.17, 15) is 4.79 Å². The van der Waals surface area contributed by atoms with Crippen LogP contribution in [0, 0.1) is 0 Å². The first-order valence-electron chi connectivity index (χ1n) is 10.2. The molecular formula is C23H29Cl2N3O. The van der Waals surface area contributed by atoms with Crippen molar-refractivity contribution in [3.05, 3.63) is 65.2 Å². The standard InChI is InChI=1S/C23H28ClN3O.ClH/c24-19-6-4-5-18(15-19)23(17-25)11-9-21(10-12-23)27-14-13-26(16-22(27)28)20-7-2-1-3-8-20;/h1-8,15,21H,9-14,16-17,25H2;1H/t21-,23-;. The van der Waals surface area contributed by atoms with E-state index in [2.05, 4.69) is 34.1 Å². The zero-order valence-corrected chi connectivity index (χ0v) is 18.2. The number of carbonyl (C=O) groups is 1. The highest BCUT2D eigenvalue weighted by atomic mass is 35.5. The molecule has 2 aliphatic rings. The fourth-order valence-electron chi connectivity index (χ4n) is 4.83. The van der Waals surface area contributed by atoms with Gasteiger partial charge in [-0.3, -0.25) is 4.79 Å².